The standard InChI is InChI=1S/C28H27ClFN5O5S2/c1-18(36)33-10-11-34(24-8-4-19(15-30)12-23(24)29)25-9-7-22(14-26(25)33)42(37,38)35(28-31-17-32-41-28)16-20-5-6-21(39-2)13-27(20)40-3/h4-9,12-14,17H,10-11,15-16H2,1-3H3. The average Bonchev–Trinajstić information content (AvgIpc) is 3.53. The molecule has 3 aromatic carbocycles. The molecule has 0 spiro atoms. The Morgan fingerprint density at radius 2 is 1.83 bits per heavy atom. The highest BCUT2D eigenvalue weighted by Gasteiger charge is 2.33. The maximum atomic E-state index is 14.2. The summed E-state index contributed by atoms with van der Waals surface area (Å²) in [6, 6.07) is 14.6. The molecule has 0 atom stereocenters. The first-order chi connectivity index (χ1) is 20.2. The van der Waals surface area contributed by atoms with E-state index in [1.165, 1.54) is 44.5 Å². The minimum absolute atomic E-state index is 0.0455. The molecule has 5 rings (SSSR count). The van der Waals surface area contributed by atoms with Crippen LogP contribution in [0.2, 0.25) is 5.02 Å². The van der Waals surface area contributed by atoms with Crippen LogP contribution in [0.1, 0.15) is 18.1 Å². The fourth-order valence-corrected chi connectivity index (χ4v) is 7.23. The van der Waals surface area contributed by atoms with E-state index in [1.54, 1.807) is 42.5 Å². The molecule has 0 N–H and O–H groups in total. The number of carbonyl (C=O) groups is 1. The Kier molecular flexibility index (Phi) is 8.53. The number of fused-ring (bicyclic) bond motifs is 1. The van der Waals surface area contributed by atoms with Gasteiger partial charge in [0.1, 0.15) is 24.5 Å². The van der Waals surface area contributed by atoms with Crippen molar-refractivity contribution < 1.29 is 27.1 Å². The monoisotopic (exact) mass is 631 g/mol. The molecule has 10 nitrogen and oxygen atoms in total. The number of carbonyl (C=O) groups excluding carboxylic acids is 1. The van der Waals surface area contributed by atoms with Crippen molar-refractivity contribution in [1.82, 2.24) is 9.36 Å². The molecule has 1 aliphatic heterocycles. The lowest BCUT2D eigenvalue weighted by molar-refractivity contribution is -0.116. The summed E-state index contributed by atoms with van der Waals surface area (Å²) in [7, 11) is -1.19. The van der Waals surface area contributed by atoms with E-state index in [9.17, 15) is 17.6 Å². The van der Waals surface area contributed by atoms with Crippen molar-refractivity contribution >= 4 is 61.3 Å². The highest BCUT2D eigenvalue weighted by atomic mass is 35.5. The van der Waals surface area contributed by atoms with Crippen LogP contribution in [0.3, 0.4) is 0 Å². The second-order valence-electron chi connectivity index (χ2n) is 9.31. The second kappa shape index (κ2) is 12.1. The Labute approximate surface area is 252 Å². The number of methoxy groups -OCH3 is 2. The predicted molar refractivity (Wildman–Crippen MR) is 161 cm³/mol. The van der Waals surface area contributed by atoms with Crippen LogP contribution >= 0.6 is 23.1 Å². The van der Waals surface area contributed by atoms with Crippen molar-refractivity contribution in [2.45, 2.75) is 25.0 Å². The van der Waals surface area contributed by atoms with Crippen LogP contribution in [-0.4, -0.2) is 51.0 Å². The van der Waals surface area contributed by atoms with Gasteiger partial charge < -0.3 is 19.3 Å². The molecule has 0 fully saturated rings. The summed E-state index contributed by atoms with van der Waals surface area (Å²) in [6.45, 7) is 1.37. The Morgan fingerprint density at radius 3 is 2.48 bits per heavy atom. The molecule has 0 aliphatic carbocycles. The number of alkyl halides is 1. The van der Waals surface area contributed by atoms with E-state index in [4.69, 9.17) is 21.1 Å². The third-order valence-electron chi connectivity index (χ3n) is 6.87. The molecule has 42 heavy (non-hydrogen) atoms. The van der Waals surface area contributed by atoms with Crippen LogP contribution < -0.4 is 23.6 Å². The minimum atomic E-state index is -4.21. The summed E-state index contributed by atoms with van der Waals surface area (Å²) < 4.78 is 57.6. The lowest BCUT2D eigenvalue weighted by Crippen LogP contribution is -2.41. The molecule has 0 saturated heterocycles. The smallest absolute Gasteiger partial charge is 0.266 e. The number of aromatic nitrogens is 2. The number of hydrogen-bond donors (Lipinski definition) is 0. The molecule has 0 saturated carbocycles. The lowest BCUT2D eigenvalue weighted by atomic mass is 10.1. The maximum Gasteiger partial charge on any atom is 0.266 e. The number of halogens is 2. The van der Waals surface area contributed by atoms with E-state index in [0.29, 0.717) is 51.3 Å². The second-order valence-corrected chi connectivity index (χ2v) is 12.3. The molecule has 4 aromatic rings. The molecule has 0 unspecified atom stereocenters. The minimum Gasteiger partial charge on any atom is -0.497 e. The summed E-state index contributed by atoms with van der Waals surface area (Å²) >= 11 is 7.44. The molecule has 1 aromatic heterocycles. The quantitative estimate of drug-likeness (QED) is 0.236. The first-order valence-corrected chi connectivity index (χ1v) is 15.3. The fourth-order valence-electron chi connectivity index (χ4n) is 4.78. The van der Waals surface area contributed by atoms with Crippen molar-refractivity contribution in [2.75, 3.05) is 41.4 Å². The molecule has 0 radical (unpaired) electrons. The van der Waals surface area contributed by atoms with Crippen LogP contribution in [0, 0.1) is 0 Å². The van der Waals surface area contributed by atoms with Gasteiger partial charge in [0.25, 0.3) is 10.0 Å². The average molecular weight is 632 g/mol. The number of nitrogens with zero attached hydrogens (tertiary/aromatic N) is 5. The van der Waals surface area contributed by atoms with Crippen LogP contribution in [0.15, 0.2) is 65.8 Å². The van der Waals surface area contributed by atoms with Gasteiger partial charge in [0.05, 0.1) is 47.7 Å². The van der Waals surface area contributed by atoms with Crippen molar-refractivity contribution in [3.63, 3.8) is 0 Å². The summed E-state index contributed by atoms with van der Waals surface area (Å²) in [5, 5.41) is 0.510. The van der Waals surface area contributed by atoms with E-state index >= 15 is 0 Å². The van der Waals surface area contributed by atoms with Gasteiger partial charge in [0, 0.05) is 43.2 Å². The third kappa shape index (κ3) is 5.59. The van der Waals surface area contributed by atoms with Gasteiger partial charge in [0.15, 0.2) is 0 Å². The third-order valence-corrected chi connectivity index (χ3v) is 9.71. The zero-order chi connectivity index (χ0) is 30.0. The number of rotatable bonds is 9. The normalized spacial score (nSPS) is 13.1. The zero-order valence-corrected chi connectivity index (χ0v) is 25.3. The van der Waals surface area contributed by atoms with Crippen molar-refractivity contribution in [3.8, 4) is 11.5 Å². The molecule has 14 heteroatoms. The predicted octanol–water partition coefficient (Wildman–Crippen LogP) is 5.58. The Bertz CT molecular complexity index is 1720. The van der Waals surface area contributed by atoms with E-state index < -0.39 is 16.7 Å². The summed E-state index contributed by atoms with van der Waals surface area (Å²) in [6.07, 6.45) is 1.29. The molecular weight excluding hydrogens is 605 g/mol. The van der Waals surface area contributed by atoms with E-state index in [0.717, 1.165) is 15.8 Å². The summed E-state index contributed by atoms with van der Waals surface area (Å²) in [4.78, 5) is 20.2. The summed E-state index contributed by atoms with van der Waals surface area (Å²) in [5.74, 6) is 0.760. The first kappa shape index (κ1) is 29.5. The number of hydrogen-bond acceptors (Lipinski definition) is 9. The molecule has 1 aliphatic rings. The lowest BCUT2D eigenvalue weighted by Gasteiger charge is -2.38. The van der Waals surface area contributed by atoms with E-state index in [2.05, 4.69) is 9.36 Å². The highest BCUT2D eigenvalue weighted by Crippen LogP contribution is 2.43. The maximum absolute atomic E-state index is 14.2. The highest BCUT2D eigenvalue weighted by molar-refractivity contribution is 7.93. The van der Waals surface area contributed by atoms with Crippen LogP contribution in [0.4, 0.5) is 26.6 Å². The molecule has 2 heterocycles. The largest absolute Gasteiger partial charge is 0.497 e. The van der Waals surface area contributed by atoms with Gasteiger partial charge in [0.2, 0.25) is 11.0 Å². The van der Waals surface area contributed by atoms with Crippen molar-refractivity contribution in [2.24, 2.45) is 0 Å². The molecule has 1 amide bonds. The van der Waals surface area contributed by atoms with Gasteiger partial charge in [-0.3, -0.25) is 4.79 Å². The summed E-state index contributed by atoms with van der Waals surface area (Å²) in [5.41, 5.74) is 2.64. The number of benzene rings is 3. The number of ether oxygens (including phenoxy) is 2. The number of amides is 1. The Morgan fingerprint density at radius 1 is 1.05 bits per heavy atom. The SMILES string of the molecule is COc1ccc(CN(c2ncns2)S(=O)(=O)c2ccc3c(c2)N(C(C)=O)CCN3c2ccc(CF)cc2Cl)c(OC)c1. The molecule has 0 bridgehead atoms. The zero-order valence-electron chi connectivity index (χ0n) is 23.0. The fraction of sp³-hybridized carbons (Fsp3) is 0.250. The molecular formula is C28H27ClFN5O5S2. The van der Waals surface area contributed by atoms with Crippen molar-refractivity contribution in [1.29, 1.82) is 0 Å². The van der Waals surface area contributed by atoms with Gasteiger partial charge in [-0.2, -0.15) is 4.37 Å². The van der Waals surface area contributed by atoms with Crippen molar-refractivity contribution in [3.05, 3.63) is 77.1 Å². The van der Waals surface area contributed by atoms with E-state index in [-0.39, 0.29) is 29.0 Å². The van der Waals surface area contributed by atoms with Gasteiger partial charge in [-0.25, -0.2) is 22.1 Å². The topological polar surface area (TPSA) is 105 Å². The van der Waals surface area contributed by atoms with Gasteiger partial charge >= 0.3 is 0 Å². The Balaban J connectivity index is 1.59. The van der Waals surface area contributed by atoms with Gasteiger partial charge in [-0.05, 0) is 48.0 Å². The Hall–Kier alpha value is -3.94. The van der Waals surface area contributed by atoms with Crippen LogP contribution in [0.5, 0.6) is 11.5 Å². The number of anilines is 4. The van der Waals surface area contributed by atoms with Gasteiger partial charge in [-0.1, -0.05) is 17.7 Å². The van der Waals surface area contributed by atoms with Crippen LogP contribution in [0.25, 0.3) is 0 Å². The molecule has 220 valence electrons. The van der Waals surface area contributed by atoms with Crippen LogP contribution in [-0.2, 0) is 28.0 Å². The first-order valence-electron chi connectivity index (χ1n) is 12.7. The van der Waals surface area contributed by atoms with E-state index in [1.807, 2.05) is 4.90 Å². The van der Waals surface area contributed by atoms with Gasteiger partial charge in [-0.15, -0.1) is 0 Å². The number of sulfonamides is 1.